The van der Waals surface area contributed by atoms with E-state index in [9.17, 15) is 0 Å². The molecule has 0 saturated carbocycles. The molecule has 0 amide bonds. The van der Waals surface area contributed by atoms with Crippen molar-refractivity contribution in [2.45, 2.75) is 27.2 Å². The van der Waals surface area contributed by atoms with Crippen LogP contribution in [-0.2, 0) is 6.42 Å². The van der Waals surface area contributed by atoms with Gasteiger partial charge in [0.2, 0.25) is 0 Å². The van der Waals surface area contributed by atoms with E-state index in [1.165, 1.54) is 16.7 Å². The molecule has 1 aliphatic rings. The Morgan fingerprint density at radius 2 is 2.06 bits per heavy atom. The van der Waals surface area contributed by atoms with Crippen LogP contribution >= 0.6 is 0 Å². The highest BCUT2D eigenvalue weighted by atomic mass is 14.8. The van der Waals surface area contributed by atoms with E-state index in [2.05, 4.69) is 44.2 Å². The van der Waals surface area contributed by atoms with Crippen LogP contribution in [0.4, 0.5) is 5.69 Å². The normalized spacial score (nSPS) is 15.4. The van der Waals surface area contributed by atoms with E-state index in [0.717, 1.165) is 17.8 Å². The Labute approximate surface area is 97.2 Å². The summed E-state index contributed by atoms with van der Waals surface area (Å²) in [6.07, 6.45) is 7.34. The number of hydrogen-bond donors (Lipinski definition) is 0. The summed E-state index contributed by atoms with van der Waals surface area (Å²) in [5.41, 5.74) is 6.02. The molecule has 1 aromatic rings. The number of nitrogens with zero attached hydrogens (tertiary/aromatic N) is 1. The molecule has 1 heteroatoms. The summed E-state index contributed by atoms with van der Waals surface area (Å²) in [6, 6.07) is 6.49. The van der Waals surface area contributed by atoms with Gasteiger partial charge in [0.05, 0.1) is 11.4 Å². The first-order valence-electron chi connectivity index (χ1n) is 5.69. The molecular weight excluding hydrogens is 194 g/mol. The number of rotatable bonds is 1. The van der Waals surface area contributed by atoms with Gasteiger partial charge in [-0.1, -0.05) is 24.3 Å². The summed E-state index contributed by atoms with van der Waals surface area (Å²) in [5.74, 6) is 0. The lowest BCUT2D eigenvalue weighted by molar-refractivity contribution is 1.24. The Balaban J connectivity index is 2.55. The first kappa shape index (κ1) is 10.9. The van der Waals surface area contributed by atoms with Gasteiger partial charge in [0.15, 0.2) is 0 Å². The fourth-order valence-electron chi connectivity index (χ4n) is 1.86. The van der Waals surface area contributed by atoms with Gasteiger partial charge in [0.1, 0.15) is 0 Å². The number of benzene rings is 1. The molecule has 0 aliphatic carbocycles. The quantitative estimate of drug-likeness (QED) is 0.661. The molecule has 0 bridgehead atoms. The highest BCUT2D eigenvalue weighted by Gasteiger charge is 2.08. The van der Waals surface area contributed by atoms with Gasteiger partial charge in [-0.15, -0.1) is 0 Å². The van der Waals surface area contributed by atoms with Crippen molar-refractivity contribution in [2.24, 2.45) is 4.99 Å². The zero-order valence-electron chi connectivity index (χ0n) is 10.1. The number of aryl methyl sites for hydroxylation is 1. The summed E-state index contributed by atoms with van der Waals surface area (Å²) >= 11 is 0. The van der Waals surface area contributed by atoms with Crippen molar-refractivity contribution in [3.8, 4) is 0 Å². The third-order valence-corrected chi connectivity index (χ3v) is 2.84. The second-order valence-corrected chi connectivity index (χ2v) is 4.22. The molecule has 0 radical (unpaired) electrons. The van der Waals surface area contributed by atoms with Crippen LogP contribution in [0.25, 0.3) is 0 Å². The van der Waals surface area contributed by atoms with Crippen LogP contribution in [0, 0.1) is 6.92 Å². The van der Waals surface area contributed by atoms with Gasteiger partial charge in [-0.3, -0.25) is 0 Å². The number of hydrogen-bond acceptors (Lipinski definition) is 1. The van der Waals surface area contributed by atoms with Crippen LogP contribution in [0.3, 0.4) is 0 Å². The highest BCUT2D eigenvalue weighted by molar-refractivity contribution is 6.09. The van der Waals surface area contributed by atoms with Gasteiger partial charge in [0.25, 0.3) is 0 Å². The van der Waals surface area contributed by atoms with E-state index < -0.39 is 0 Å². The largest absolute Gasteiger partial charge is 0.248 e. The van der Waals surface area contributed by atoms with E-state index in [1.807, 2.05) is 13.0 Å². The van der Waals surface area contributed by atoms with Crippen LogP contribution < -0.4 is 0 Å². The van der Waals surface area contributed by atoms with E-state index in [4.69, 9.17) is 4.99 Å². The summed E-state index contributed by atoms with van der Waals surface area (Å²) in [6.45, 7) is 6.26. The first-order chi connectivity index (χ1) is 7.70. The minimum Gasteiger partial charge on any atom is -0.248 e. The van der Waals surface area contributed by atoms with Crippen molar-refractivity contribution in [1.29, 1.82) is 0 Å². The van der Waals surface area contributed by atoms with Crippen molar-refractivity contribution in [3.05, 3.63) is 53.1 Å². The maximum atomic E-state index is 4.73. The first-order valence-corrected chi connectivity index (χ1v) is 5.69. The third-order valence-electron chi connectivity index (χ3n) is 2.84. The van der Waals surface area contributed by atoms with Crippen molar-refractivity contribution >= 4 is 11.4 Å². The second kappa shape index (κ2) is 4.48. The zero-order chi connectivity index (χ0) is 11.5. The molecule has 1 aromatic carbocycles. The lowest BCUT2D eigenvalue weighted by Gasteiger charge is -2.03. The average molecular weight is 211 g/mol. The van der Waals surface area contributed by atoms with Gasteiger partial charge in [0, 0.05) is 0 Å². The molecule has 0 spiro atoms. The van der Waals surface area contributed by atoms with Crippen molar-refractivity contribution in [3.63, 3.8) is 0 Å². The zero-order valence-corrected chi connectivity index (χ0v) is 10.1. The Hall–Kier alpha value is -1.63. The van der Waals surface area contributed by atoms with Crippen LogP contribution in [0.2, 0.25) is 0 Å². The summed E-state index contributed by atoms with van der Waals surface area (Å²) in [7, 11) is 0. The SMILES string of the molecule is CC=CC1=Nc2cc(C)ccc2CC=C1C. The number of allylic oxidation sites excluding steroid dienone is 4. The van der Waals surface area contributed by atoms with Gasteiger partial charge in [-0.05, 0) is 56.0 Å². The summed E-state index contributed by atoms with van der Waals surface area (Å²) in [4.78, 5) is 4.73. The second-order valence-electron chi connectivity index (χ2n) is 4.22. The Morgan fingerprint density at radius 3 is 2.81 bits per heavy atom. The molecule has 16 heavy (non-hydrogen) atoms. The number of fused-ring (bicyclic) bond motifs is 1. The molecule has 0 fully saturated rings. The summed E-state index contributed by atoms with van der Waals surface area (Å²) < 4.78 is 0. The van der Waals surface area contributed by atoms with E-state index in [0.29, 0.717) is 0 Å². The van der Waals surface area contributed by atoms with Gasteiger partial charge >= 0.3 is 0 Å². The molecule has 0 N–H and O–H groups in total. The lowest BCUT2D eigenvalue weighted by atomic mass is 10.1. The molecule has 0 aromatic heterocycles. The standard InChI is InChI=1S/C15H17N/c1-4-5-14-12(3)7-9-13-8-6-11(2)10-15(13)16-14/h4-8,10H,9H2,1-3H3. The minimum atomic E-state index is 0.978. The third kappa shape index (κ3) is 2.13. The van der Waals surface area contributed by atoms with Crippen molar-refractivity contribution < 1.29 is 0 Å². The topological polar surface area (TPSA) is 12.4 Å². The molecule has 0 atom stereocenters. The van der Waals surface area contributed by atoms with Crippen LogP contribution in [-0.4, -0.2) is 5.71 Å². The molecule has 0 saturated heterocycles. The molecule has 1 aliphatic heterocycles. The van der Waals surface area contributed by atoms with Gasteiger partial charge in [-0.25, -0.2) is 4.99 Å². The molecular formula is C15H17N. The smallest absolute Gasteiger partial charge is 0.0674 e. The van der Waals surface area contributed by atoms with Gasteiger partial charge < -0.3 is 0 Å². The van der Waals surface area contributed by atoms with E-state index >= 15 is 0 Å². The highest BCUT2D eigenvalue weighted by Crippen LogP contribution is 2.26. The maximum absolute atomic E-state index is 4.73. The molecule has 0 unspecified atom stereocenters. The summed E-state index contributed by atoms with van der Waals surface area (Å²) in [5, 5.41) is 0. The predicted molar refractivity (Wildman–Crippen MR) is 70.5 cm³/mol. The predicted octanol–water partition coefficient (Wildman–Crippen LogP) is 4.15. The van der Waals surface area contributed by atoms with Crippen LogP contribution in [0.5, 0.6) is 0 Å². The Kier molecular flexibility index (Phi) is 3.04. The van der Waals surface area contributed by atoms with Crippen LogP contribution in [0.1, 0.15) is 25.0 Å². The number of aliphatic imine (C=N–C) groups is 1. The van der Waals surface area contributed by atoms with Crippen molar-refractivity contribution in [2.75, 3.05) is 0 Å². The monoisotopic (exact) mass is 211 g/mol. The van der Waals surface area contributed by atoms with Crippen molar-refractivity contribution in [1.82, 2.24) is 0 Å². The Bertz CT molecular complexity index is 490. The fourth-order valence-corrected chi connectivity index (χ4v) is 1.86. The van der Waals surface area contributed by atoms with Crippen LogP contribution in [0.15, 0.2) is 47.0 Å². The molecule has 82 valence electrons. The molecule has 2 rings (SSSR count). The Morgan fingerprint density at radius 1 is 1.25 bits per heavy atom. The van der Waals surface area contributed by atoms with E-state index in [-0.39, 0.29) is 0 Å². The molecule has 1 nitrogen and oxygen atoms in total. The fraction of sp³-hybridized carbons (Fsp3) is 0.267. The minimum absolute atomic E-state index is 0.978. The lowest BCUT2D eigenvalue weighted by Crippen LogP contribution is -1.93. The van der Waals surface area contributed by atoms with Gasteiger partial charge in [-0.2, -0.15) is 0 Å². The molecule has 1 heterocycles. The average Bonchev–Trinajstić information content (AvgIpc) is 2.40. The maximum Gasteiger partial charge on any atom is 0.0674 e. The van der Waals surface area contributed by atoms with E-state index in [1.54, 1.807) is 0 Å².